The molecule has 0 unspecified atom stereocenters. The molecule has 0 spiro atoms. The first-order chi connectivity index (χ1) is 4.43. The average Bonchev–Trinajstić information content (AvgIpc) is 2.13. The highest BCUT2D eigenvalue weighted by molar-refractivity contribution is 5.21. The van der Waals surface area contributed by atoms with Gasteiger partial charge >= 0.3 is 0 Å². The van der Waals surface area contributed by atoms with Gasteiger partial charge in [-0.1, -0.05) is 18.2 Å². The number of aliphatic hydroxyl groups is 1. The highest BCUT2D eigenvalue weighted by Gasteiger charge is 1.91. The van der Waals surface area contributed by atoms with Crippen LogP contribution in [0.5, 0.6) is 0 Å². The van der Waals surface area contributed by atoms with Gasteiger partial charge in [-0.25, -0.2) is 0 Å². The van der Waals surface area contributed by atoms with E-state index in [2.05, 4.69) is 5.32 Å². The van der Waals surface area contributed by atoms with Crippen LogP contribution in [0.1, 0.15) is 0 Å². The van der Waals surface area contributed by atoms with Gasteiger partial charge in [0.05, 0.1) is 6.61 Å². The molecule has 1 aliphatic heterocycles. The molecule has 0 bridgehead atoms. The smallest absolute Gasteiger partial charge is 0.0679 e. The van der Waals surface area contributed by atoms with Crippen molar-refractivity contribution < 1.29 is 5.11 Å². The zero-order chi connectivity index (χ0) is 6.53. The molecule has 50 valence electrons. The van der Waals surface area contributed by atoms with Crippen LogP contribution in [0.25, 0.3) is 0 Å². The fraction of sp³-hybridized carbons (Fsp3) is 0.429. The Morgan fingerprint density at radius 1 is 1.56 bits per heavy atom. The predicted molar refractivity (Wildman–Crippen MR) is 37.2 cm³/mol. The van der Waals surface area contributed by atoms with Crippen LogP contribution in [-0.4, -0.2) is 24.8 Å². The van der Waals surface area contributed by atoms with E-state index in [0.29, 0.717) is 0 Å². The number of hydrogen-bond donors (Lipinski definition) is 2. The van der Waals surface area contributed by atoms with Gasteiger partial charge < -0.3 is 10.4 Å². The summed E-state index contributed by atoms with van der Waals surface area (Å²) in [6.07, 6.45) is 5.94. The Bertz CT molecular complexity index is 138. The third-order valence-corrected chi connectivity index (χ3v) is 1.29. The third-order valence-electron chi connectivity index (χ3n) is 1.29. The number of hydrogen-bond acceptors (Lipinski definition) is 2. The van der Waals surface area contributed by atoms with Crippen LogP contribution in [0.3, 0.4) is 0 Å². The van der Waals surface area contributed by atoms with E-state index >= 15 is 0 Å². The lowest BCUT2D eigenvalue weighted by molar-refractivity contribution is 0.334. The monoisotopic (exact) mass is 125 g/mol. The molecule has 1 rings (SSSR count). The molecule has 0 amide bonds. The van der Waals surface area contributed by atoms with Crippen LogP contribution in [0.4, 0.5) is 0 Å². The van der Waals surface area contributed by atoms with Crippen LogP contribution < -0.4 is 5.32 Å². The van der Waals surface area contributed by atoms with E-state index < -0.39 is 0 Å². The van der Waals surface area contributed by atoms with E-state index in [0.717, 1.165) is 18.7 Å². The van der Waals surface area contributed by atoms with Crippen LogP contribution in [0.15, 0.2) is 23.8 Å². The second-order valence-electron chi connectivity index (χ2n) is 2.00. The van der Waals surface area contributed by atoms with Crippen molar-refractivity contribution in [1.82, 2.24) is 5.32 Å². The largest absolute Gasteiger partial charge is 0.392 e. The SMILES string of the molecule is OCC1=CCNCC=C1. The van der Waals surface area contributed by atoms with E-state index in [1.54, 1.807) is 0 Å². The fourth-order valence-electron chi connectivity index (χ4n) is 0.766. The lowest BCUT2D eigenvalue weighted by atomic mass is 10.2. The summed E-state index contributed by atoms with van der Waals surface area (Å²) >= 11 is 0. The zero-order valence-electron chi connectivity index (χ0n) is 5.30. The minimum absolute atomic E-state index is 0.151. The van der Waals surface area contributed by atoms with Crippen molar-refractivity contribution in [3.63, 3.8) is 0 Å². The summed E-state index contributed by atoms with van der Waals surface area (Å²) in [5.74, 6) is 0. The summed E-state index contributed by atoms with van der Waals surface area (Å²) in [4.78, 5) is 0. The fourth-order valence-corrected chi connectivity index (χ4v) is 0.766. The second kappa shape index (κ2) is 3.43. The number of nitrogens with one attached hydrogen (secondary N) is 1. The normalized spacial score (nSPS) is 19.0. The molecule has 2 N–H and O–H groups in total. The molecule has 0 atom stereocenters. The van der Waals surface area contributed by atoms with Gasteiger partial charge in [0.25, 0.3) is 0 Å². The number of aliphatic hydroxyl groups excluding tert-OH is 1. The van der Waals surface area contributed by atoms with E-state index in [4.69, 9.17) is 5.11 Å². The molecule has 0 aromatic rings. The minimum Gasteiger partial charge on any atom is -0.392 e. The summed E-state index contributed by atoms with van der Waals surface area (Å²) in [5.41, 5.74) is 1.00. The second-order valence-corrected chi connectivity index (χ2v) is 2.00. The Hall–Kier alpha value is -0.600. The van der Waals surface area contributed by atoms with Crippen LogP contribution in [0, 0.1) is 0 Å². The van der Waals surface area contributed by atoms with Crippen molar-refractivity contribution >= 4 is 0 Å². The molecule has 0 saturated carbocycles. The van der Waals surface area contributed by atoms with Crippen molar-refractivity contribution in [2.24, 2.45) is 0 Å². The maximum atomic E-state index is 8.67. The van der Waals surface area contributed by atoms with Crippen molar-refractivity contribution in [2.75, 3.05) is 19.7 Å². The third kappa shape index (κ3) is 2.00. The average molecular weight is 125 g/mol. The summed E-state index contributed by atoms with van der Waals surface area (Å²) in [7, 11) is 0. The lowest BCUT2D eigenvalue weighted by Crippen LogP contribution is -2.11. The summed E-state index contributed by atoms with van der Waals surface area (Å²) in [6.45, 7) is 1.92. The molecule has 2 heteroatoms. The van der Waals surface area contributed by atoms with Gasteiger partial charge in [-0.2, -0.15) is 0 Å². The zero-order valence-corrected chi connectivity index (χ0v) is 5.30. The molecule has 0 aliphatic carbocycles. The van der Waals surface area contributed by atoms with Gasteiger partial charge in [0, 0.05) is 13.1 Å². The van der Waals surface area contributed by atoms with Crippen molar-refractivity contribution in [2.45, 2.75) is 0 Å². The van der Waals surface area contributed by atoms with Gasteiger partial charge in [-0.15, -0.1) is 0 Å². The molecule has 1 heterocycles. The van der Waals surface area contributed by atoms with Gasteiger partial charge in [0.1, 0.15) is 0 Å². The molecule has 0 saturated heterocycles. The molecule has 1 aliphatic rings. The topological polar surface area (TPSA) is 32.3 Å². The van der Waals surface area contributed by atoms with Crippen LogP contribution in [-0.2, 0) is 0 Å². The van der Waals surface area contributed by atoms with E-state index in [1.807, 2.05) is 18.2 Å². The highest BCUT2D eigenvalue weighted by atomic mass is 16.3. The van der Waals surface area contributed by atoms with Crippen molar-refractivity contribution in [1.29, 1.82) is 0 Å². The number of rotatable bonds is 1. The standard InChI is InChI=1S/C7H11NO/c9-6-7-2-1-4-8-5-3-7/h1-3,8-9H,4-6H2. The Morgan fingerprint density at radius 3 is 3.22 bits per heavy atom. The van der Waals surface area contributed by atoms with Crippen LogP contribution >= 0.6 is 0 Å². The molecule has 9 heavy (non-hydrogen) atoms. The lowest BCUT2D eigenvalue weighted by Gasteiger charge is -1.91. The Kier molecular flexibility index (Phi) is 2.48. The van der Waals surface area contributed by atoms with Gasteiger partial charge in [-0.05, 0) is 5.57 Å². The molecule has 0 aromatic carbocycles. The molecule has 0 fully saturated rings. The maximum Gasteiger partial charge on any atom is 0.0679 e. The van der Waals surface area contributed by atoms with Gasteiger partial charge in [0.2, 0.25) is 0 Å². The van der Waals surface area contributed by atoms with Crippen molar-refractivity contribution in [3.05, 3.63) is 23.8 Å². The quantitative estimate of drug-likeness (QED) is 0.519. The molecule has 0 aromatic heterocycles. The summed E-state index contributed by atoms with van der Waals surface area (Å²) < 4.78 is 0. The van der Waals surface area contributed by atoms with Gasteiger partial charge in [0.15, 0.2) is 0 Å². The van der Waals surface area contributed by atoms with E-state index in [1.165, 1.54) is 0 Å². The first-order valence-electron chi connectivity index (χ1n) is 3.10. The Morgan fingerprint density at radius 2 is 2.44 bits per heavy atom. The van der Waals surface area contributed by atoms with Crippen molar-refractivity contribution in [3.8, 4) is 0 Å². The Labute approximate surface area is 54.9 Å². The summed E-state index contributed by atoms with van der Waals surface area (Å²) in [6, 6.07) is 0. The molecule has 0 radical (unpaired) electrons. The first kappa shape index (κ1) is 6.52. The predicted octanol–water partition coefficient (Wildman–Crippen LogP) is 0.0645. The maximum absolute atomic E-state index is 8.67. The summed E-state index contributed by atoms with van der Waals surface area (Å²) in [5, 5.41) is 11.8. The highest BCUT2D eigenvalue weighted by Crippen LogP contribution is 1.95. The molecular formula is C7H11NO. The van der Waals surface area contributed by atoms with Crippen LogP contribution in [0.2, 0.25) is 0 Å². The Balaban J connectivity index is 2.53. The molecular weight excluding hydrogens is 114 g/mol. The molecule has 2 nitrogen and oxygen atoms in total. The van der Waals surface area contributed by atoms with E-state index in [-0.39, 0.29) is 6.61 Å². The first-order valence-corrected chi connectivity index (χ1v) is 3.10. The minimum atomic E-state index is 0.151. The van der Waals surface area contributed by atoms with Gasteiger partial charge in [-0.3, -0.25) is 0 Å². The van der Waals surface area contributed by atoms with E-state index in [9.17, 15) is 0 Å².